The summed E-state index contributed by atoms with van der Waals surface area (Å²) in [5, 5.41) is 42.3. The van der Waals surface area contributed by atoms with Gasteiger partial charge in [0.25, 0.3) is 5.56 Å². The molecule has 4 rings (SSSR count). The Morgan fingerprint density at radius 3 is 2.92 bits per heavy atom. The minimum Gasteiger partial charge on any atom is -0.394 e. The van der Waals surface area contributed by atoms with Crippen LogP contribution in [0.1, 0.15) is 13.2 Å². The molecule has 0 bridgehead atoms. The topological polar surface area (TPSA) is 172 Å². The molecular weight excluding hydrogens is 344 g/mol. The van der Waals surface area contributed by atoms with E-state index < -0.39 is 36.2 Å². The van der Waals surface area contributed by atoms with Crippen molar-refractivity contribution in [3.05, 3.63) is 28.8 Å². The molecule has 7 N–H and O–H groups in total. The standard InChI is InChI=1S/C15H18N6O5/c1-15(25)12(23)10(5-22)26-14(15)21-4-7-8(18-16)2-6-11(7)9(20-21)3-17-19-13(6)24/h2-4,10,12,14,18,22-23,25H,5,16H2,1H3,(H,19,24)/t10-,12-,14-,15-/m1/s1. The molecule has 0 saturated carbocycles. The van der Waals surface area contributed by atoms with Crippen LogP contribution in [0.5, 0.6) is 0 Å². The quantitative estimate of drug-likeness (QED) is 0.241. The van der Waals surface area contributed by atoms with Crippen molar-refractivity contribution in [1.82, 2.24) is 20.0 Å². The lowest BCUT2D eigenvalue weighted by Crippen LogP contribution is -2.44. The van der Waals surface area contributed by atoms with Crippen LogP contribution < -0.4 is 16.8 Å². The molecule has 2 aromatic heterocycles. The van der Waals surface area contributed by atoms with E-state index in [-0.39, 0.29) is 0 Å². The van der Waals surface area contributed by atoms with E-state index in [4.69, 9.17) is 10.6 Å². The molecule has 11 heteroatoms. The zero-order valence-electron chi connectivity index (χ0n) is 13.7. The molecule has 1 fully saturated rings. The molecule has 3 aromatic rings. The van der Waals surface area contributed by atoms with Gasteiger partial charge in [0.05, 0.1) is 23.9 Å². The van der Waals surface area contributed by atoms with E-state index in [0.29, 0.717) is 27.4 Å². The predicted octanol–water partition coefficient (Wildman–Crippen LogP) is -1.44. The monoisotopic (exact) mass is 362 g/mol. The van der Waals surface area contributed by atoms with Gasteiger partial charge in [0.1, 0.15) is 23.3 Å². The summed E-state index contributed by atoms with van der Waals surface area (Å²) in [6.07, 6.45) is -0.411. The van der Waals surface area contributed by atoms with Crippen molar-refractivity contribution in [1.29, 1.82) is 0 Å². The van der Waals surface area contributed by atoms with Crippen LogP contribution in [0, 0.1) is 0 Å². The number of aromatic amines is 1. The van der Waals surface area contributed by atoms with E-state index in [1.165, 1.54) is 17.8 Å². The highest BCUT2D eigenvalue weighted by Gasteiger charge is 2.53. The van der Waals surface area contributed by atoms with Gasteiger partial charge in [0.15, 0.2) is 6.23 Å². The van der Waals surface area contributed by atoms with Gasteiger partial charge in [-0.15, -0.1) is 0 Å². The van der Waals surface area contributed by atoms with Crippen LogP contribution in [0.25, 0.3) is 21.7 Å². The highest BCUT2D eigenvalue weighted by atomic mass is 16.6. The molecule has 1 aliphatic rings. The third-order valence-electron chi connectivity index (χ3n) is 4.79. The Morgan fingerprint density at radius 2 is 2.27 bits per heavy atom. The van der Waals surface area contributed by atoms with Gasteiger partial charge >= 0.3 is 0 Å². The van der Waals surface area contributed by atoms with Crippen LogP contribution in [0.4, 0.5) is 5.69 Å². The number of nitrogens with two attached hydrogens (primary N) is 1. The first kappa shape index (κ1) is 16.9. The van der Waals surface area contributed by atoms with Gasteiger partial charge in [-0.05, 0) is 13.0 Å². The van der Waals surface area contributed by atoms with E-state index in [2.05, 4.69) is 20.7 Å². The Hall–Kier alpha value is -2.57. The number of hydrogen-bond donors (Lipinski definition) is 6. The third kappa shape index (κ3) is 2.22. The minimum absolute atomic E-state index is 0.354. The molecule has 0 unspecified atom stereocenters. The number of hydrogen-bond acceptors (Lipinski definition) is 9. The highest BCUT2D eigenvalue weighted by Crippen LogP contribution is 2.39. The summed E-state index contributed by atoms with van der Waals surface area (Å²) in [7, 11) is 0. The fourth-order valence-electron chi connectivity index (χ4n) is 3.41. The fourth-order valence-corrected chi connectivity index (χ4v) is 3.41. The van der Waals surface area contributed by atoms with E-state index in [0.717, 1.165) is 0 Å². The molecule has 1 aromatic carbocycles. The molecule has 138 valence electrons. The Morgan fingerprint density at radius 1 is 1.50 bits per heavy atom. The van der Waals surface area contributed by atoms with Gasteiger partial charge in [-0.2, -0.15) is 10.2 Å². The Kier molecular flexibility index (Phi) is 3.71. The maximum Gasteiger partial charge on any atom is 0.272 e. The summed E-state index contributed by atoms with van der Waals surface area (Å²) in [6.45, 7) is 0.936. The van der Waals surface area contributed by atoms with Gasteiger partial charge in [0, 0.05) is 17.0 Å². The molecule has 4 atom stereocenters. The molecule has 1 aliphatic heterocycles. The van der Waals surface area contributed by atoms with Gasteiger partial charge in [-0.1, -0.05) is 0 Å². The van der Waals surface area contributed by atoms with Crippen molar-refractivity contribution in [2.24, 2.45) is 5.84 Å². The summed E-state index contributed by atoms with van der Waals surface area (Å²) in [5.74, 6) is 5.56. The van der Waals surface area contributed by atoms with E-state index >= 15 is 0 Å². The van der Waals surface area contributed by atoms with Gasteiger partial charge in [-0.3, -0.25) is 10.6 Å². The number of aliphatic hydroxyl groups excluding tert-OH is 2. The van der Waals surface area contributed by atoms with Crippen LogP contribution in [-0.4, -0.2) is 59.7 Å². The number of aliphatic hydroxyl groups is 3. The zero-order chi connectivity index (χ0) is 18.6. The summed E-state index contributed by atoms with van der Waals surface area (Å²) < 4.78 is 6.92. The van der Waals surface area contributed by atoms with Crippen molar-refractivity contribution in [3.8, 4) is 0 Å². The van der Waals surface area contributed by atoms with E-state index in [1.54, 1.807) is 12.3 Å². The maximum absolute atomic E-state index is 12.1. The largest absolute Gasteiger partial charge is 0.394 e. The first-order chi connectivity index (χ1) is 12.4. The fraction of sp³-hybridized carbons (Fsp3) is 0.400. The third-order valence-corrected chi connectivity index (χ3v) is 4.79. The second kappa shape index (κ2) is 5.72. The summed E-state index contributed by atoms with van der Waals surface area (Å²) >= 11 is 0. The molecule has 0 amide bonds. The normalized spacial score (nSPS) is 28.9. The highest BCUT2D eigenvalue weighted by molar-refractivity contribution is 6.14. The van der Waals surface area contributed by atoms with Crippen LogP contribution in [-0.2, 0) is 4.74 Å². The summed E-state index contributed by atoms with van der Waals surface area (Å²) in [5.41, 5.74) is 1.27. The number of H-pyrrole nitrogens is 1. The predicted molar refractivity (Wildman–Crippen MR) is 91.1 cm³/mol. The molecule has 1 saturated heterocycles. The van der Waals surface area contributed by atoms with Crippen LogP contribution in [0.15, 0.2) is 23.3 Å². The van der Waals surface area contributed by atoms with Crippen molar-refractivity contribution in [2.45, 2.75) is 31.0 Å². The number of anilines is 1. The Bertz CT molecular complexity index is 1040. The second-order valence-electron chi connectivity index (χ2n) is 6.48. The zero-order valence-corrected chi connectivity index (χ0v) is 13.7. The second-order valence-corrected chi connectivity index (χ2v) is 6.48. The maximum atomic E-state index is 12.1. The average molecular weight is 362 g/mol. The number of nitrogens with one attached hydrogen (secondary N) is 2. The number of nitrogens with zero attached hydrogens (tertiary/aromatic N) is 3. The van der Waals surface area contributed by atoms with Crippen LogP contribution >= 0.6 is 0 Å². The number of hydrazine groups is 1. The molecule has 11 nitrogen and oxygen atoms in total. The summed E-state index contributed by atoms with van der Waals surface area (Å²) in [6, 6.07) is 1.57. The van der Waals surface area contributed by atoms with Crippen molar-refractivity contribution >= 4 is 27.4 Å². The Labute approximate surface area is 146 Å². The van der Waals surface area contributed by atoms with Gasteiger partial charge in [-0.25, -0.2) is 9.78 Å². The molecule has 3 heterocycles. The molecule has 0 radical (unpaired) electrons. The van der Waals surface area contributed by atoms with Crippen molar-refractivity contribution < 1.29 is 20.1 Å². The van der Waals surface area contributed by atoms with E-state index in [9.17, 15) is 20.1 Å². The van der Waals surface area contributed by atoms with Gasteiger partial charge < -0.3 is 25.5 Å². The van der Waals surface area contributed by atoms with E-state index in [1.807, 2.05) is 0 Å². The van der Waals surface area contributed by atoms with Crippen molar-refractivity contribution in [2.75, 3.05) is 12.0 Å². The number of rotatable bonds is 3. The number of aromatic nitrogens is 4. The lowest BCUT2D eigenvalue weighted by molar-refractivity contribution is -0.102. The first-order valence-electron chi connectivity index (χ1n) is 7.91. The molecule has 0 spiro atoms. The average Bonchev–Trinajstić information content (AvgIpc) is 3.04. The molecule has 0 aliphatic carbocycles. The first-order valence-corrected chi connectivity index (χ1v) is 7.91. The lowest BCUT2D eigenvalue weighted by Gasteiger charge is -2.27. The Balaban J connectivity index is 1.99. The summed E-state index contributed by atoms with van der Waals surface area (Å²) in [4.78, 5) is 12.1. The SMILES string of the molecule is C[C@@]1(O)[C@H](O)[C@@H](CO)O[C@H]1n1cc2c(NN)cc3c(=O)[nH]ncc(n1)c23. The van der Waals surface area contributed by atoms with Crippen LogP contribution in [0.2, 0.25) is 0 Å². The number of ether oxygens (including phenoxy) is 1. The lowest BCUT2D eigenvalue weighted by atomic mass is 9.97. The minimum atomic E-state index is -1.70. The van der Waals surface area contributed by atoms with Crippen LogP contribution in [0.3, 0.4) is 0 Å². The molecule has 26 heavy (non-hydrogen) atoms. The van der Waals surface area contributed by atoms with Crippen molar-refractivity contribution in [3.63, 3.8) is 0 Å². The van der Waals surface area contributed by atoms with Gasteiger partial charge in [0.2, 0.25) is 0 Å². The molecular formula is C15H18N6O5. The number of nitrogen functional groups attached to an aromatic ring is 1. The smallest absolute Gasteiger partial charge is 0.272 e.